The van der Waals surface area contributed by atoms with E-state index in [9.17, 15) is 4.79 Å². The van der Waals surface area contributed by atoms with Crippen molar-refractivity contribution in [3.05, 3.63) is 0 Å². The van der Waals surface area contributed by atoms with Crippen LogP contribution in [0.1, 0.15) is 19.8 Å². The van der Waals surface area contributed by atoms with Crippen molar-refractivity contribution in [2.24, 2.45) is 5.73 Å². The van der Waals surface area contributed by atoms with Crippen LogP contribution >= 0.6 is 0 Å². The van der Waals surface area contributed by atoms with Gasteiger partial charge in [-0.3, -0.25) is 4.79 Å². The lowest BCUT2D eigenvalue weighted by Crippen LogP contribution is -2.29. The summed E-state index contributed by atoms with van der Waals surface area (Å²) in [6.45, 7) is 3.05. The molecule has 0 aromatic rings. The topological polar surface area (TPSA) is 64.3 Å². The monoisotopic (exact) mass is 174 g/mol. The molecule has 3 N–H and O–H groups in total. The first-order valence-corrected chi connectivity index (χ1v) is 4.18. The second kappa shape index (κ2) is 7.06. The van der Waals surface area contributed by atoms with E-state index in [-0.39, 0.29) is 11.9 Å². The molecule has 0 rings (SSSR count). The first kappa shape index (κ1) is 11.4. The van der Waals surface area contributed by atoms with Gasteiger partial charge in [0.25, 0.3) is 0 Å². The summed E-state index contributed by atoms with van der Waals surface area (Å²) in [4.78, 5) is 11.0. The number of hydrogen-bond donors (Lipinski definition) is 2. The number of amides is 1. The molecular formula is C8H18N2O2. The number of carbonyl (C=O) groups is 1. The minimum atomic E-state index is 0.0255. The van der Waals surface area contributed by atoms with Gasteiger partial charge in [0.2, 0.25) is 5.91 Å². The van der Waals surface area contributed by atoms with Crippen LogP contribution in [-0.2, 0) is 9.53 Å². The first-order valence-electron chi connectivity index (χ1n) is 4.18. The number of nitrogens with one attached hydrogen (secondary N) is 1. The fourth-order valence-electron chi connectivity index (χ4n) is 0.722. The van der Waals surface area contributed by atoms with E-state index >= 15 is 0 Å². The predicted octanol–water partition coefficient (Wildman–Crippen LogP) is -0.124. The van der Waals surface area contributed by atoms with E-state index in [1.165, 1.54) is 0 Å². The number of rotatable bonds is 6. The molecule has 0 aromatic heterocycles. The van der Waals surface area contributed by atoms with Gasteiger partial charge < -0.3 is 15.8 Å². The van der Waals surface area contributed by atoms with Gasteiger partial charge in [-0.05, 0) is 13.3 Å². The molecule has 1 atom stereocenters. The van der Waals surface area contributed by atoms with Crippen molar-refractivity contribution in [2.75, 3.05) is 20.3 Å². The van der Waals surface area contributed by atoms with Crippen LogP contribution in [-0.4, -0.2) is 32.2 Å². The molecule has 1 amide bonds. The van der Waals surface area contributed by atoms with Crippen LogP contribution in [0.3, 0.4) is 0 Å². The van der Waals surface area contributed by atoms with Crippen LogP contribution in [0.2, 0.25) is 0 Å². The molecule has 0 aromatic carbocycles. The third-order valence-corrected chi connectivity index (χ3v) is 1.46. The van der Waals surface area contributed by atoms with Gasteiger partial charge in [-0.25, -0.2) is 0 Å². The van der Waals surface area contributed by atoms with Crippen LogP contribution in [0.4, 0.5) is 0 Å². The molecule has 72 valence electrons. The van der Waals surface area contributed by atoms with Crippen molar-refractivity contribution in [1.82, 2.24) is 5.32 Å². The highest BCUT2D eigenvalue weighted by Gasteiger charge is 1.99. The summed E-state index contributed by atoms with van der Waals surface area (Å²) in [6, 6.07) is 0.146. The fraction of sp³-hybridized carbons (Fsp3) is 0.875. The van der Waals surface area contributed by atoms with Crippen LogP contribution in [0, 0.1) is 0 Å². The summed E-state index contributed by atoms with van der Waals surface area (Å²) in [5.41, 5.74) is 5.50. The average molecular weight is 174 g/mol. The highest BCUT2D eigenvalue weighted by atomic mass is 16.5. The summed E-state index contributed by atoms with van der Waals surface area (Å²) in [7, 11) is 1.58. The number of hydrogen-bond acceptors (Lipinski definition) is 3. The Labute approximate surface area is 73.5 Å². The average Bonchev–Trinajstić information content (AvgIpc) is 2.00. The minimum Gasteiger partial charge on any atom is -0.384 e. The standard InChI is InChI=1S/C8H18N2O2/c1-7(9)3-5-10-8(11)4-6-12-2/h7H,3-6,9H2,1-2H3,(H,10,11). The summed E-state index contributed by atoms with van der Waals surface area (Å²) in [5.74, 6) is 0.0255. The maximum Gasteiger partial charge on any atom is 0.222 e. The van der Waals surface area contributed by atoms with E-state index in [0.717, 1.165) is 6.42 Å². The molecule has 12 heavy (non-hydrogen) atoms. The lowest BCUT2D eigenvalue weighted by atomic mass is 10.2. The molecule has 0 heterocycles. The molecule has 4 nitrogen and oxygen atoms in total. The highest BCUT2D eigenvalue weighted by Crippen LogP contribution is 1.84. The zero-order valence-corrected chi connectivity index (χ0v) is 7.80. The van der Waals surface area contributed by atoms with Gasteiger partial charge in [-0.15, -0.1) is 0 Å². The Hall–Kier alpha value is -0.610. The Kier molecular flexibility index (Phi) is 6.70. The van der Waals surface area contributed by atoms with Crippen molar-refractivity contribution in [3.8, 4) is 0 Å². The molecule has 0 aliphatic heterocycles. The van der Waals surface area contributed by atoms with Crippen molar-refractivity contribution < 1.29 is 9.53 Å². The van der Waals surface area contributed by atoms with Crippen molar-refractivity contribution >= 4 is 5.91 Å². The molecule has 0 aliphatic carbocycles. The summed E-state index contributed by atoms with van der Waals surface area (Å²) in [5, 5.41) is 2.75. The van der Waals surface area contributed by atoms with E-state index in [0.29, 0.717) is 19.6 Å². The van der Waals surface area contributed by atoms with Crippen LogP contribution in [0.25, 0.3) is 0 Å². The SMILES string of the molecule is COCCC(=O)NCCC(C)N. The normalized spacial score (nSPS) is 12.6. The van der Waals surface area contributed by atoms with Crippen LogP contribution in [0.15, 0.2) is 0 Å². The Morgan fingerprint density at radius 3 is 2.83 bits per heavy atom. The minimum absolute atomic E-state index is 0.0255. The third-order valence-electron chi connectivity index (χ3n) is 1.46. The second-order valence-electron chi connectivity index (χ2n) is 2.86. The number of nitrogens with two attached hydrogens (primary N) is 1. The molecule has 0 spiro atoms. The van der Waals surface area contributed by atoms with E-state index < -0.39 is 0 Å². The van der Waals surface area contributed by atoms with Crippen LogP contribution < -0.4 is 11.1 Å². The maximum absolute atomic E-state index is 11.0. The molecule has 0 bridgehead atoms. The van der Waals surface area contributed by atoms with Gasteiger partial charge in [-0.2, -0.15) is 0 Å². The molecule has 0 saturated carbocycles. The lowest BCUT2D eigenvalue weighted by molar-refractivity contribution is -0.121. The van der Waals surface area contributed by atoms with E-state index in [1.54, 1.807) is 7.11 Å². The Bertz CT molecular complexity index is 126. The molecular weight excluding hydrogens is 156 g/mol. The van der Waals surface area contributed by atoms with Gasteiger partial charge in [0.1, 0.15) is 0 Å². The fourth-order valence-corrected chi connectivity index (χ4v) is 0.722. The number of carbonyl (C=O) groups excluding carboxylic acids is 1. The first-order chi connectivity index (χ1) is 5.66. The summed E-state index contributed by atoms with van der Waals surface area (Å²) in [6.07, 6.45) is 1.24. The highest BCUT2D eigenvalue weighted by molar-refractivity contribution is 5.75. The molecule has 4 heteroatoms. The second-order valence-corrected chi connectivity index (χ2v) is 2.86. The third kappa shape index (κ3) is 7.50. The molecule has 0 radical (unpaired) electrons. The van der Waals surface area contributed by atoms with E-state index in [1.807, 2.05) is 6.92 Å². The molecule has 0 aliphatic rings. The summed E-state index contributed by atoms with van der Waals surface area (Å²) < 4.78 is 4.75. The molecule has 1 unspecified atom stereocenters. The maximum atomic E-state index is 11.0. The van der Waals surface area contributed by atoms with Gasteiger partial charge in [0.15, 0.2) is 0 Å². The van der Waals surface area contributed by atoms with Gasteiger partial charge in [-0.1, -0.05) is 0 Å². The van der Waals surface area contributed by atoms with E-state index in [4.69, 9.17) is 10.5 Å². The van der Waals surface area contributed by atoms with Crippen molar-refractivity contribution in [2.45, 2.75) is 25.8 Å². The van der Waals surface area contributed by atoms with Gasteiger partial charge in [0.05, 0.1) is 6.61 Å². The van der Waals surface area contributed by atoms with Gasteiger partial charge >= 0.3 is 0 Å². The Morgan fingerprint density at radius 1 is 1.67 bits per heavy atom. The Morgan fingerprint density at radius 2 is 2.33 bits per heavy atom. The summed E-state index contributed by atoms with van der Waals surface area (Å²) >= 11 is 0. The van der Waals surface area contributed by atoms with Crippen molar-refractivity contribution in [3.63, 3.8) is 0 Å². The molecule has 0 fully saturated rings. The zero-order valence-electron chi connectivity index (χ0n) is 7.80. The number of ether oxygens (including phenoxy) is 1. The zero-order chi connectivity index (χ0) is 9.40. The number of methoxy groups -OCH3 is 1. The smallest absolute Gasteiger partial charge is 0.222 e. The largest absolute Gasteiger partial charge is 0.384 e. The quantitative estimate of drug-likeness (QED) is 0.590. The predicted molar refractivity (Wildman–Crippen MR) is 47.8 cm³/mol. The van der Waals surface area contributed by atoms with E-state index in [2.05, 4.69) is 5.32 Å². The lowest BCUT2D eigenvalue weighted by Gasteiger charge is -2.06. The van der Waals surface area contributed by atoms with Crippen LogP contribution in [0.5, 0.6) is 0 Å². The van der Waals surface area contributed by atoms with Crippen molar-refractivity contribution in [1.29, 1.82) is 0 Å². The van der Waals surface area contributed by atoms with Gasteiger partial charge in [0, 0.05) is 26.1 Å². The molecule has 0 saturated heterocycles. The Balaban J connectivity index is 3.20.